The SMILES string of the molecule is Cc1ccc(Br)nc1CC(=O)C1C[C@@]2(C)C[C@H]2N1C(=O)Cc1cccc(C2=NN=NC2)c1.Cc1ccc(Br)nc1CC(=O)[C@@H]1C[C@@]2(C)C[C@H]2N1.[C-]#[N+]c1cccc(CC(=O)N2C(C(=O)Cc3nc(Br)ccc3C)C[C@@]3(C)C[C@@H]23)c1.[C-]#[N+]c1cccc(CC(=O)O)c1. The summed E-state index contributed by atoms with van der Waals surface area (Å²) in [7, 11) is 0. The smallest absolute Gasteiger partial charge is 0.307 e. The van der Waals surface area contributed by atoms with Gasteiger partial charge >= 0.3 is 5.97 Å². The number of rotatable bonds is 16. The largest absolute Gasteiger partial charge is 0.481 e. The summed E-state index contributed by atoms with van der Waals surface area (Å²) in [6.07, 6.45) is 6.96. The van der Waals surface area contributed by atoms with Crippen molar-refractivity contribution in [3.05, 3.63) is 202 Å². The lowest BCUT2D eigenvalue weighted by Crippen LogP contribution is -2.44. The molecule has 3 saturated carbocycles. The van der Waals surface area contributed by atoms with Crippen LogP contribution in [0.3, 0.4) is 0 Å². The molecule has 91 heavy (non-hydrogen) atoms. The second kappa shape index (κ2) is 27.6. The number of aromatic nitrogens is 3. The summed E-state index contributed by atoms with van der Waals surface area (Å²) >= 11 is 10.1. The van der Waals surface area contributed by atoms with Crippen molar-refractivity contribution in [2.45, 2.75) is 155 Å². The molecule has 2 amide bonds. The molecule has 7 heterocycles. The molecule has 4 aliphatic heterocycles. The van der Waals surface area contributed by atoms with E-state index < -0.39 is 12.0 Å². The molecule has 6 fully saturated rings. The standard InChI is InChI=1S/C24H24BrN5O2.C23H22BrN3O2.C14H17BrN2O.C9H7NO2/c1-14-6-7-22(25)27-17(14)10-20(31)19-11-24(2)12-21(24)30(19)23(32)9-15-4-3-5-16(8-15)18-13-26-29-28-18;1-14-7-8-21(24)26-17(14)11-19(28)18-12-23(2)13-20(23)27(18)22(29)10-15-5-4-6-16(9-15)25-3;1-8-3-4-13(15)17-9(8)5-11(18)10-6-14(2)7-12(14)16-10;1-10-8-4-2-3-7(5-8)6-9(11)12/h3-8,19,21H,9-13H2,1-2H3;4-9,18,20H,10-13H2,1-2H3;3-4,10,12,16H,5-7H2,1-2H3;2-5H,6H2,(H,11,12)/t19?,21-,24+;18?,20-,23+;10-,12+,14-;/m110./s1. The van der Waals surface area contributed by atoms with Gasteiger partial charge in [-0.25, -0.2) is 24.6 Å². The monoisotopic (exact) mass is 1410 g/mol. The average Bonchev–Trinajstić information content (AvgIpc) is 1.57. The second-order valence-corrected chi connectivity index (χ2v) is 28.3. The van der Waals surface area contributed by atoms with E-state index in [0.717, 1.165) is 92.9 Å². The number of hydrogen-bond acceptors (Lipinski definition) is 13. The Morgan fingerprint density at radius 3 is 1.41 bits per heavy atom. The number of carbonyl (C=O) groups excluding carboxylic acids is 5. The summed E-state index contributed by atoms with van der Waals surface area (Å²) in [5, 5.41) is 23.5. The molecule has 0 radical (unpaired) electrons. The highest BCUT2D eigenvalue weighted by molar-refractivity contribution is 9.11. The van der Waals surface area contributed by atoms with Crippen molar-refractivity contribution in [3.63, 3.8) is 0 Å². The molecule has 18 nitrogen and oxygen atoms in total. The highest BCUT2D eigenvalue weighted by Gasteiger charge is 2.65. The van der Waals surface area contributed by atoms with Crippen LogP contribution < -0.4 is 5.32 Å². The highest BCUT2D eigenvalue weighted by Crippen LogP contribution is 2.60. The van der Waals surface area contributed by atoms with Crippen LogP contribution in [0.25, 0.3) is 9.69 Å². The number of piperidine rings is 3. The van der Waals surface area contributed by atoms with E-state index in [2.05, 4.69) is 114 Å². The van der Waals surface area contributed by atoms with Crippen LogP contribution in [0.5, 0.6) is 0 Å². The first kappa shape index (κ1) is 66.1. The Morgan fingerprint density at radius 2 is 0.989 bits per heavy atom. The van der Waals surface area contributed by atoms with Crippen LogP contribution in [0.4, 0.5) is 11.4 Å². The summed E-state index contributed by atoms with van der Waals surface area (Å²) in [6.45, 7) is 26.8. The molecule has 6 aromatic rings. The molecule has 3 aromatic carbocycles. The maximum Gasteiger partial charge on any atom is 0.307 e. The Morgan fingerprint density at radius 1 is 0.549 bits per heavy atom. The number of pyridine rings is 3. The van der Waals surface area contributed by atoms with Crippen LogP contribution in [0.2, 0.25) is 0 Å². The first-order chi connectivity index (χ1) is 43.3. The van der Waals surface area contributed by atoms with E-state index in [4.69, 9.17) is 18.3 Å². The Labute approximate surface area is 555 Å². The average molecular weight is 1420 g/mol. The molecular weight excluding hydrogens is 1350 g/mol. The number of benzene rings is 3. The highest BCUT2D eigenvalue weighted by atomic mass is 79.9. The van der Waals surface area contributed by atoms with E-state index in [1.54, 1.807) is 42.5 Å². The second-order valence-electron chi connectivity index (χ2n) is 25.9. The van der Waals surface area contributed by atoms with Crippen LogP contribution in [0.15, 0.2) is 138 Å². The maximum absolute atomic E-state index is 13.4. The van der Waals surface area contributed by atoms with Crippen LogP contribution >= 0.6 is 47.8 Å². The molecule has 3 saturated heterocycles. The molecule has 0 spiro atoms. The van der Waals surface area contributed by atoms with E-state index in [9.17, 15) is 28.8 Å². The number of halogens is 3. The molecule has 21 heteroatoms. The van der Waals surface area contributed by atoms with Gasteiger partial charge in [0.2, 0.25) is 11.8 Å². The van der Waals surface area contributed by atoms with Crippen molar-refractivity contribution in [1.29, 1.82) is 0 Å². The molecule has 468 valence electrons. The van der Waals surface area contributed by atoms with Gasteiger partial charge < -0.3 is 20.2 Å². The van der Waals surface area contributed by atoms with Crippen molar-refractivity contribution in [1.82, 2.24) is 30.1 Å². The van der Waals surface area contributed by atoms with Crippen LogP contribution in [0.1, 0.15) is 115 Å². The van der Waals surface area contributed by atoms with Crippen LogP contribution in [-0.2, 0) is 67.3 Å². The quantitative estimate of drug-likeness (QED) is 0.0684. The molecule has 13 rings (SSSR count). The summed E-state index contributed by atoms with van der Waals surface area (Å²) in [6, 6.07) is 33.2. The fourth-order valence-corrected chi connectivity index (χ4v) is 14.2. The van der Waals surface area contributed by atoms with Crippen LogP contribution in [-0.4, -0.2) is 113 Å². The Bertz CT molecular complexity index is 4050. The molecule has 9 atom stereocenters. The van der Waals surface area contributed by atoms with Crippen molar-refractivity contribution in [2.24, 2.45) is 31.7 Å². The van der Waals surface area contributed by atoms with E-state index in [0.29, 0.717) is 50.6 Å². The van der Waals surface area contributed by atoms with Gasteiger partial charge in [0.15, 0.2) is 28.7 Å². The predicted octanol–water partition coefficient (Wildman–Crippen LogP) is 12.8. The number of carbonyl (C=O) groups is 6. The van der Waals surface area contributed by atoms with Gasteiger partial charge in [0.1, 0.15) is 20.4 Å². The van der Waals surface area contributed by atoms with Gasteiger partial charge in [-0.3, -0.25) is 28.8 Å². The molecular formula is C70H70Br3N11O7. The maximum atomic E-state index is 13.4. The normalized spacial score (nSPS) is 24.6. The van der Waals surface area contributed by atoms with Gasteiger partial charge in [-0.1, -0.05) is 106 Å². The number of hydrogen-bond donors (Lipinski definition) is 2. The van der Waals surface area contributed by atoms with Gasteiger partial charge in [-0.05, 0) is 186 Å². The third kappa shape index (κ3) is 15.9. The number of likely N-dealkylation sites (tertiary alicyclic amines) is 2. The van der Waals surface area contributed by atoms with Gasteiger partial charge in [0, 0.05) is 23.7 Å². The van der Waals surface area contributed by atoms with E-state index in [1.807, 2.05) is 97.3 Å². The minimum atomic E-state index is -0.878. The van der Waals surface area contributed by atoms with Crippen molar-refractivity contribution < 1.29 is 33.9 Å². The molecule has 2 unspecified atom stereocenters. The molecule has 3 aromatic heterocycles. The number of amides is 2. The summed E-state index contributed by atoms with van der Waals surface area (Å²) in [4.78, 5) is 99.2. The topological polar surface area (TPSA) is 226 Å². The number of carboxylic acids is 1. The number of aliphatic carboxylic acids is 1. The van der Waals surface area contributed by atoms with Gasteiger partial charge in [-0.2, -0.15) is 5.11 Å². The Balaban J connectivity index is 0.000000141. The first-order valence-electron chi connectivity index (χ1n) is 30.3. The number of carboxylic acid groups (broad SMARTS) is 1. The lowest BCUT2D eigenvalue weighted by molar-refractivity contribution is -0.138. The molecule has 3 aliphatic carbocycles. The number of nitrogens with one attached hydrogen (secondary N) is 1. The van der Waals surface area contributed by atoms with Gasteiger partial charge in [0.05, 0.1) is 92.6 Å². The Hall–Kier alpha value is -7.82. The van der Waals surface area contributed by atoms with E-state index >= 15 is 0 Å². The zero-order valence-electron chi connectivity index (χ0n) is 51.6. The van der Waals surface area contributed by atoms with E-state index in [1.165, 1.54) is 6.42 Å². The third-order valence-corrected chi connectivity index (χ3v) is 20.1. The number of aryl methyl sites for hydroxylation is 3. The summed E-state index contributed by atoms with van der Waals surface area (Å²) in [5.41, 5.74) is 11.1. The number of fused-ring (bicyclic) bond motifs is 3. The van der Waals surface area contributed by atoms with Crippen molar-refractivity contribution in [2.75, 3.05) is 6.54 Å². The zero-order valence-corrected chi connectivity index (χ0v) is 56.3. The van der Waals surface area contributed by atoms with E-state index in [-0.39, 0.29) is 96.3 Å². The summed E-state index contributed by atoms with van der Waals surface area (Å²) < 4.78 is 2.22. The molecule has 7 aliphatic rings. The number of nitrogens with zero attached hydrogens (tertiary/aromatic N) is 10. The minimum Gasteiger partial charge on any atom is -0.481 e. The summed E-state index contributed by atoms with van der Waals surface area (Å²) in [5.74, 6) is -0.508. The molecule has 0 bridgehead atoms. The predicted molar refractivity (Wildman–Crippen MR) is 355 cm³/mol. The van der Waals surface area contributed by atoms with Gasteiger partial charge in [0.25, 0.3) is 0 Å². The third-order valence-electron chi connectivity index (χ3n) is 18.8. The molecule has 2 N–H and O–H groups in total. The van der Waals surface area contributed by atoms with Crippen molar-refractivity contribution in [3.8, 4) is 0 Å². The fourth-order valence-electron chi connectivity index (χ4n) is 13.1. The minimum absolute atomic E-state index is 0.00776. The van der Waals surface area contributed by atoms with Crippen LogP contribution in [0, 0.1) is 50.2 Å². The number of ketones is 3. The first-order valence-corrected chi connectivity index (χ1v) is 32.7. The fraction of sp³-hybridized carbons (Fsp3) is 0.400. The van der Waals surface area contributed by atoms with Crippen molar-refractivity contribution >= 4 is 100 Å². The lowest BCUT2D eigenvalue weighted by Gasteiger charge is -2.27. The van der Waals surface area contributed by atoms with Gasteiger partial charge in [-0.15, -0.1) is 5.10 Å². The number of Topliss-reactive ketones (excluding diaryl/α,β-unsaturated/α-hetero) is 3. The lowest BCUT2D eigenvalue weighted by atomic mass is 9.96. The zero-order chi connectivity index (χ0) is 65.1. The Kier molecular flexibility index (Phi) is 20.0.